The van der Waals surface area contributed by atoms with Crippen molar-refractivity contribution in [1.29, 1.82) is 0 Å². The summed E-state index contributed by atoms with van der Waals surface area (Å²) in [6, 6.07) is 7.49. The van der Waals surface area contributed by atoms with Crippen molar-refractivity contribution in [2.24, 2.45) is 4.99 Å². The van der Waals surface area contributed by atoms with Crippen molar-refractivity contribution < 1.29 is 9.90 Å². The maximum Gasteiger partial charge on any atom is 0.307 e. The number of nitrogens with zero attached hydrogens (tertiary/aromatic N) is 1. The van der Waals surface area contributed by atoms with Gasteiger partial charge in [0.2, 0.25) is 0 Å². The van der Waals surface area contributed by atoms with E-state index in [-0.39, 0.29) is 6.42 Å². The number of nitrogens with one attached hydrogen (secondary N) is 1. The summed E-state index contributed by atoms with van der Waals surface area (Å²) < 4.78 is 0. The smallest absolute Gasteiger partial charge is 0.307 e. The minimum Gasteiger partial charge on any atom is -0.481 e. The van der Waals surface area contributed by atoms with E-state index in [1.165, 1.54) is 5.57 Å². The molecule has 0 spiro atoms. The molecular formula is C14H16N2O2. The zero-order chi connectivity index (χ0) is 12.8. The zero-order valence-corrected chi connectivity index (χ0v) is 10.1. The summed E-state index contributed by atoms with van der Waals surface area (Å²) in [4.78, 5) is 14.7. The lowest BCUT2D eigenvalue weighted by Gasteiger charge is -2.11. The lowest BCUT2D eigenvalue weighted by molar-refractivity contribution is -0.136. The summed E-state index contributed by atoms with van der Waals surface area (Å²) in [7, 11) is 0. The molecule has 0 saturated carbocycles. The number of hydrogen-bond acceptors (Lipinski definition) is 3. The van der Waals surface area contributed by atoms with Crippen LogP contribution in [0.3, 0.4) is 0 Å². The Bertz CT molecular complexity index is 475. The molecule has 0 aromatic heterocycles. The van der Waals surface area contributed by atoms with Crippen LogP contribution < -0.4 is 5.32 Å². The van der Waals surface area contributed by atoms with Crippen molar-refractivity contribution in [3.8, 4) is 0 Å². The van der Waals surface area contributed by atoms with Crippen LogP contribution in [0, 0.1) is 0 Å². The van der Waals surface area contributed by atoms with E-state index in [0.29, 0.717) is 0 Å². The molecule has 0 fully saturated rings. The van der Waals surface area contributed by atoms with Gasteiger partial charge in [-0.2, -0.15) is 0 Å². The number of carboxylic acids is 1. The molecular weight excluding hydrogens is 228 g/mol. The Morgan fingerprint density at radius 1 is 1.33 bits per heavy atom. The normalized spacial score (nSPS) is 14.1. The molecule has 0 aliphatic carbocycles. The van der Waals surface area contributed by atoms with Crippen LogP contribution in [0.5, 0.6) is 0 Å². The first-order valence-corrected chi connectivity index (χ1v) is 5.98. The molecule has 2 rings (SSSR count). The topological polar surface area (TPSA) is 61.7 Å². The fourth-order valence-corrected chi connectivity index (χ4v) is 1.81. The Balaban J connectivity index is 1.88. The molecule has 1 heterocycles. The zero-order valence-electron chi connectivity index (χ0n) is 10.1. The Morgan fingerprint density at radius 2 is 2.11 bits per heavy atom. The SMILES string of the molecule is O=C(O)Cc1ccc(NCC2=CN=CCC2)cc1. The Morgan fingerprint density at radius 3 is 2.72 bits per heavy atom. The van der Waals surface area contributed by atoms with Crippen LogP contribution in [-0.4, -0.2) is 23.8 Å². The second-order valence-electron chi connectivity index (χ2n) is 4.28. The molecule has 0 bridgehead atoms. The molecule has 2 N–H and O–H groups in total. The van der Waals surface area contributed by atoms with Gasteiger partial charge in [0.05, 0.1) is 6.42 Å². The summed E-state index contributed by atoms with van der Waals surface area (Å²) in [5.74, 6) is -0.805. The van der Waals surface area contributed by atoms with Gasteiger partial charge in [-0.3, -0.25) is 9.79 Å². The van der Waals surface area contributed by atoms with Gasteiger partial charge >= 0.3 is 5.97 Å². The van der Waals surface area contributed by atoms with Crippen LogP contribution >= 0.6 is 0 Å². The summed E-state index contributed by atoms with van der Waals surface area (Å²) in [5.41, 5.74) is 3.10. The van der Waals surface area contributed by atoms with Gasteiger partial charge in [0.15, 0.2) is 0 Å². The minimum absolute atomic E-state index is 0.0696. The average Bonchev–Trinajstić information content (AvgIpc) is 2.38. The molecule has 1 aromatic rings. The number of aliphatic imine (C=N–C) groups is 1. The predicted octanol–water partition coefficient (Wildman–Crippen LogP) is 2.47. The number of hydrogen-bond donors (Lipinski definition) is 2. The van der Waals surface area contributed by atoms with E-state index in [1.54, 1.807) is 0 Å². The van der Waals surface area contributed by atoms with Crippen LogP contribution in [0.15, 0.2) is 41.0 Å². The summed E-state index contributed by atoms with van der Waals surface area (Å²) >= 11 is 0. The minimum atomic E-state index is -0.805. The fraction of sp³-hybridized carbons (Fsp3) is 0.286. The van der Waals surface area contributed by atoms with E-state index < -0.39 is 5.97 Å². The second kappa shape index (κ2) is 6.00. The van der Waals surface area contributed by atoms with Gasteiger partial charge in [-0.1, -0.05) is 12.1 Å². The van der Waals surface area contributed by atoms with Gasteiger partial charge in [0, 0.05) is 24.6 Å². The van der Waals surface area contributed by atoms with E-state index in [9.17, 15) is 4.79 Å². The standard InChI is InChI=1S/C14H16N2O2/c17-14(18)8-11-3-5-13(6-4-11)16-10-12-2-1-7-15-9-12/h3-7,9,16H,1-2,8,10H2,(H,17,18). The first kappa shape index (κ1) is 12.4. The predicted molar refractivity (Wildman–Crippen MR) is 72.1 cm³/mol. The lowest BCUT2D eigenvalue weighted by Crippen LogP contribution is -2.07. The number of carboxylic acid groups (broad SMARTS) is 1. The molecule has 1 aromatic carbocycles. The molecule has 4 nitrogen and oxygen atoms in total. The lowest BCUT2D eigenvalue weighted by atomic mass is 10.1. The van der Waals surface area contributed by atoms with E-state index in [0.717, 1.165) is 30.6 Å². The average molecular weight is 244 g/mol. The molecule has 0 unspecified atom stereocenters. The first-order chi connectivity index (χ1) is 8.74. The molecule has 0 saturated heterocycles. The van der Waals surface area contributed by atoms with Gasteiger partial charge < -0.3 is 10.4 Å². The highest BCUT2D eigenvalue weighted by Gasteiger charge is 2.02. The number of carbonyl (C=O) groups is 1. The van der Waals surface area contributed by atoms with E-state index in [4.69, 9.17) is 5.11 Å². The van der Waals surface area contributed by atoms with Crippen LogP contribution in [0.2, 0.25) is 0 Å². The molecule has 0 atom stereocenters. The van der Waals surface area contributed by atoms with Crippen LogP contribution in [0.4, 0.5) is 5.69 Å². The molecule has 1 aliphatic rings. The molecule has 94 valence electrons. The molecule has 0 amide bonds. The Kier molecular flexibility index (Phi) is 4.12. The third-order valence-electron chi connectivity index (χ3n) is 2.79. The highest BCUT2D eigenvalue weighted by molar-refractivity contribution is 5.70. The summed E-state index contributed by atoms with van der Waals surface area (Å²) in [6.07, 6.45) is 5.94. The largest absolute Gasteiger partial charge is 0.481 e. The monoisotopic (exact) mass is 244 g/mol. The number of anilines is 1. The van der Waals surface area contributed by atoms with Gasteiger partial charge in [0.1, 0.15) is 0 Å². The fourth-order valence-electron chi connectivity index (χ4n) is 1.81. The second-order valence-corrected chi connectivity index (χ2v) is 4.28. The van der Waals surface area contributed by atoms with Crippen molar-refractivity contribution in [2.75, 3.05) is 11.9 Å². The quantitative estimate of drug-likeness (QED) is 0.836. The molecule has 4 heteroatoms. The summed E-state index contributed by atoms with van der Waals surface area (Å²) in [5, 5.41) is 12.0. The van der Waals surface area contributed by atoms with E-state index in [2.05, 4.69) is 10.3 Å². The molecule has 0 radical (unpaired) electrons. The van der Waals surface area contributed by atoms with Gasteiger partial charge in [-0.15, -0.1) is 0 Å². The summed E-state index contributed by atoms with van der Waals surface area (Å²) in [6.45, 7) is 0.787. The van der Waals surface area contributed by atoms with E-state index >= 15 is 0 Å². The molecule has 1 aliphatic heterocycles. The van der Waals surface area contributed by atoms with Gasteiger partial charge in [-0.05, 0) is 36.1 Å². The third kappa shape index (κ3) is 3.73. The maximum atomic E-state index is 10.5. The Hall–Kier alpha value is -2.10. The van der Waals surface area contributed by atoms with Gasteiger partial charge in [-0.25, -0.2) is 0 Å². The van der Waals surface area contributed by atoms with Crippen molar-refractivity contribution in [3.63, 3.8) is 0 Å². The highest BCUT2D eigenvalue weighted by atomic mass is 16.4. The number of rotatable bonds is 5. The van der Waals surface area contributed by atoms with Crippen molar-refractivity contribution in [1.82, 2.24) is 0 Å². The van der Waals surface area contributed by atoms with E-state index in [1.807, 2.05) is 36.7 Å². The number of benzene rings is 1. The number of aliphatic carboxylic acids is 1. The van der Waals surface area contributed by atoms with Crippen molar-refractivity contribution in [2.45, 2.75) is 19.3 Å². The van der Waals surface area contributed by atoms with Crippen molar-refractivity contribution in [3.05, 3.63) is 41.6 Å². The van der Waals surface area contributed by atoms with Crippen LogP contribution in [-0.2, 0) is 11.2 Å². The first-order valence-electron chi connectivity index (χ1n) is 5.98. The van der Waals surface area contributed by atoms with Crippen LogP contribution in [0.25, 0.3) is 0 Å². The highest BCUT2D eigenvalue weighted by Crippen LogP contribution is 2.13. The van der Waals surface area contributed by atoms with Gasteiger partial charge in [0.25, 0.3) is 0 Å². The van der Waals surface area contributed by atoms with Crippen LogP contribution in [0.1, 0.15) is 18.4 Å². The maximum absolute atomic E-state index is 10.5. The third-order valence-corrected chi connectivity index (χ3v) is 2.79. The Labute approximate surface area is 106 Å². The van der Waals surface area contributed by atoms with Crippen molar-refractivity contribution >= 4 is 17.9 Å². The molecule has 18 heavy (non-hydrogen) atoms.